The normalized spacial score (nSPS) is 15.0. The van der Waals surface area contributed by atoms with Crippen molar-refractivity contribution in [2.45, 2.75) is 19.0 Å². The highest BCUT2D eigenvalue weighted by atomic mass is 19.4. The standard InChI is InChI=1S/C17H15F3N2O/c18-17(19,20)15-8-7-14(11-21-15)12-3-5-13(6-4-12)16(23)22-9-1-2-10-22/h3-8,11H,1-2,9-10H2. The van der Waals surface area contributed by atoms with Gasteiger partial charge in [0.2, 0.25) is 0 Å². The van der Waals surface area contributed by atoms with Gasteiger partial charge >= 0.3 is 6.18 Å². The minimum Gasteiger partial charge on any atom is -0.339 e. The summed E-state index contributed by atoms with van der Waals surface area (Å²) >= 11 is 0. The van der Waals surface area contributed by atoms with E-state index < -0.39 is 11.9 Å². The summed E-state index contributed by atoms with van der Waals surface area (Å²) in [6.45, 7) is 1.56. The number of benzene rings is 1. The Labute approximate surface area is 131 Å². The van der Waals surface area contributed by atoms with Crippen LogP contribution in [0.4, 0.5) is 13.2 Å². The molecule has 3 rings (SSSR count). The molecule has 23 heavy (non-hydrogen) atoms. The molecule has 1 aromatic heterocycles. The number of carbonyl (C=O) groups excluding carboxylic acids is 1. The van der Waals surface area contributed by atoms with Crippen LogP contribution in [0.3, 0.4) is 0 Å². The molecule has 0 spiro atoms. The summed E-state index contributed by atoms with van der Waals surface area (Å²) in [6.07, 6.45) is -1.19. The third-order valence-corrected chi connectivity index (χ3v) is 3.91. The molecule has 0 bridgehead atoms. The van der Waals surface area contributed by atoms with Gasteiger partial charge in [0, 0.05) is 30.4 Å². The van der Waals surface area contributed by atoms with E-state index in [9.17, 15) is 18.0 Å². The number of rotatable bonds is 2. The fourth-order valence-corrected chi connectivity index (χ4v) is 2.64. The largest absolute Gasteiger partial charge is 0.433 e. The summed E-state index contributed by atoms with van der Waals surface area (Å²) < 4.78 is 37.5. The molecule has 6 heteroatoms. The van der Waals surface area contributed by atoms with Crippen LogP contribution in [0.5, 0.6) is 0 Å². The first-order valence-electron chi connectivity index (χ1n) is 7.38. The summed E-state index contributed by atoms with van der Waals surface area (Å²) in [5, 5.41) is 0. The summed E-state index contributed by atoms with van der Waals surface area (Å²) in [7, 11) is 0. The second-order valence-corrected chi connectivity index (χ2v) is 5.51. The van der Waals surface area contributed by atoms with Crippen LogP contribution in [-0.2, 0) is 6.18 Å². The smallest absolute Gasteiger partial charge is 0.339 e. The molecule has 1 saturated heterocycles. The highest BCUT2D eigenvalue weighted by molar-refractivity contribution is 5.94. The fourth-order valence-electron chi connectivity index (χ4n) is 2.64. The zero-order valence-electron chi connectivity index (χ0n) is 12.3. The Bertz CT molecular complexity index is 687. The number of pyridine rings is 1. The van der Waals surface area contributed by atoms with E-state index in [-0.39, 0.29) is 5.91 Å². The maximum atomic E-state index is 12.5. The van der Waals surface area contributed by atoms with Crippen LogP contribution in [0.2, 0.25) is 0 Å². The zero-order chi connectivity index (χ0) is 16.4. The first kappa shape index (κ1) is 15.5. The van der Waals surface area contributed by atoms with Crippen LogP contribution in [0.25, 0.3) is 11.1 Å². The first-order valence-corrected chi connectivity index (χ1v) is 7.38. The third kappa shape index (κ3) is 3.36. The van der Waals surface area contributed by atoms with Crippen molar-refractivity contribution < 1.29 is 18.0 Å². The van der Waals surface area contributed by atoms with E-state index in [0.29, 0.717) is 11.1 Å². The van der Waals surface area contributed by atoms with Crippen molar-refractivity contribution in [3.05, 3.63) is 53.9 Å². The Balaban J connectivity index is 1.78. The molecule has 0 N–H and O–H groups in total. The Morgan fingerprint density at radius 1 is 0.957 bits per heavy atom. The lowest BCUT2D eigenvalue weighted by molar-refractivity contribution is -0.141. The summed E-state index contributed by atoms with van der Waals surface area (Å²) in [5.74, 6) is -0.000376. The summed E-state index contributed by atoms with van der Waals surface area (Å²) in [5.41, 5.74) is 0.986. The van der Waals surface area contributed by atoms with Gasteiger partial charge in [0.15, 0.2) is 0 Å². The number of aromatic nitrogens is 1. The second kappa shape index (κ2) is 6.02. The number of carbonyl (C=O) groups is 1. The molecule has 120 valence electrons. The summed E-state index contributed by atoms with van der Waals surface area (Å²) in [4.78, 5) is 17.5. The van der Waals surface area contributed by atoms with Gasteiger partial charge in [-0.2, -0.15) is 13.2 Å². The minimum atomic E-state index is -4.44. The summed E-state index contributed by atoms with van der Waals surface area (Å²) in [6, 6.07) is 9.20. The van der Waals surface area contributed by atoms with Crippen LogP contribution >= 0.6 is 0 Å². The lowest BCUT2D eigenvalue weighted by atomic mass is 10.0. The molecular weight excluding hydrogens is 305 g/mol. The Morgan fingerprint density at radius 2 is 1.57 bits per heavy atom. The quantitative estimate of drug-likeness (QED) is 0.838. The molecule has 0 saturated carbocycles. The van der Waals surface area contributed by atoms with Crippen LogP contribution < -0.4 is 0 Å². The van der Waals surface area contributed by atoms with Gasteiger partial charge in [-0.1, -0.05) is 18.2 Å². The average Bonchev–Trinajstić information content (AvgIpc) is 3.08. The number of hydrogen-bond acceptors (Lipinski definition) is 2. The van der Waals surface area contributed by atoms with Crippen LogP contribution in [0.15, 0.2) is 42.6 Å². The molecule has 0 unspecified atom stereocenters. The SMILES string of the molecule is O=C(c1ccc(-c2ccc(C(F)(F)F)nc2)cc1)N1CCCC1. The average molecular weight is 320 g/mol. The molecular formula is C17H15F3N2O. The van der Waals surface area contributed by atoms with Gasteiger partial charge < -0.3 is 4.90 Å². The molecule has 0 atom stereocenters. The molecule has 0 aliphatic carbocycles. The van der Waals surface area contributed by atoms with Gasteiger partial charge in [0.05, 0.1) is 0 Å². The van der Waals surface area contributed by atoms with Crippen molar-refractivity contribution in [3.8, 4) is 11.1 Å². The Morgan fingerprint density at radius 3 is 2.09 bits per heavy atom. The number of amides is 1. The monoisotopic (exact) mass is 320 g/mol. The van der Waals surface area contributed by atoms with Crippen LogP contribution in [0.1, 0.15) is 28.9 Å². The van der Waals surface area contributed by atoms with Crippen LogP contribution in [-0.4, -0.2) is 28.9 Å². The molecule has 2 heterocycles. The van der Waals surface area contributed by atoms with Gasteiger partial charge in [0.1, 0.15) is 5.69 Å². The van der Waals surface area contributed by atoms with Gasteiger partial charge in [-0.05, 0) is 36.6 Å². The Hall–Kier alpha value is -2.37. The first-order chi connectivity index (χ1) is 10.9. The van der Waals surface area contributed by atoms with Gasteiger partial charge in [0.25, 0.3) is 5.91 Å². The lowest BCUT2D eigenvalue weighted by Gasteiger charge is -2.15. The van der Waals surface area contributed by atoms with Crippen molar-refractivity contribution in [1.82, 2.24) is 9.88 Å². The molecule has 0 radical (unpaired) electrons. The second-order valence-electron chi connectivity index (χ2n) is 5.51. The number of halogens is 3. The minimum absolute atomic E-state index is 0.000376. The van der Waals surface area contributed by atoms with Gasteiger partial charge in [-0.25, -0.2) is 0 Å². The van der Waals surface area contributed by atoms with Crippen molar-refractivity contribution in [1.29, 1.82) is 0 Å². The number of likely N-dealkylation sites (tertiary alicyclic amines) is 1. The molecule has 1 aromatic carbocycles. The Kier molecular flexibility index (Phi) is 4.07. The van der Waals surface area contributed by atoms with E-state index in [4.69, 9.17) is 0 Å². The van der Waals surface area contributed by atoms with E-state index in [1.807, 2.05) is 4.90 Å². The fraction of sp³-hybridized carbons (Fsp3) is 0.294. The van der Waals surface area contributed by atoms with Gasteiger partial charge in [-0.3, -0.25) is 9.78 Å². The third-order valence-electron chi connectivity index (χ3n) is 3.91. The van der Waals surface area contributed by atoms with E-state index >= 15 is 0 Å². The van der Waals surface area contributed by atoms with Crippen LogP contribution in [0, 0.1) is 0 Å². The number of alkyl halides is 3. The van der Waals surface area contributed by atoms with E-state index in [2.05, 4.69) is 4.98 Å². The van der Waals surface area contributed by atoms with E-state index in [1.165, 1.54) is 12.3 Å². The number of nitrogens with zero attached hydrogens (tertiary/aromatic N) is 2. The zero-order valence-corrected chi connectivity index (χ0v) is 12.3. The predicted octanol–water partition coefficient (Wildman–Crippen LogP) is 4.00. The highest BCUT2D eigenvalue weighted by Gasteiger charge is 2.32. The number of hydrogen-bond donors (Lipinski definition) is 0. The molecule has 1 aliphatic rings. The predicted molar refractivity (Wildman–Crippen MR) is 79.8 cm³/mol. The van der Waals surface area contributed by atoms with E-state index in [1.54, 1.807) is 24.3 Å². The molecule has 1 aliphatic heterocycles. The van der Waals surface area contributed by atoms with Crippen molar-refractivity contribution >= 4 is 5.91 Å². The van der Waals surface area contributed by atoms with E-state index in [0.717, 1.165) is 37.6 Å². The molecule has 3 nitrogen and oxygen atoms in total. The lowest BCUT2D eigenvalue weighted by Crippen LogP contribution is -2.27. The van der Waals surface area contributed by atoms with Crippen molar-refractivity contribution in [2.75, 3.05) is 13.1 Å². The molecule has 1 amide bonds. The maximum Gasteiger partial charge on any atom is 0.433 e. The topological polar surface area (TPSA) is 33.2 Å². The van der Waals surface area contributed by atoms with Crippen molar-refractivity contribution in [3.63, 3.8) is 0 Å². The van der Waals surface area contributed by atoms with Crippen molar-refractivity contribution in [2.24, 2.45) is 0 Å². The highest BCUT2D eigenvalue weighted by Crippen LogP contribution is 2.29. The molecule has 1 fully saturated rings. The van der Waals surface area contributed by atoms with Gasteiger partial charge in [-0.15, -0.1) is 0 Å². The molecule has 2 aromatic rings. The maximum absolute atomic E-state index is 12.5.